The van der Waals surface area contributed by atoms with Crippen LogP contribution < -0.4 is 0 Å². The number of non-ortho nitro benzene ring substituents is 1. The highest BCUT2D eigenvalue weighted by Crippen LogP contribution is 2.19. The summed E-state index contributed by atoms with van der Waals surface area (Å²) in [4.78, 5) is 10.3. The van der Waals surface area contributed by atoms with Gasteiger partial charge in [-0.1, -0.05) is 65.9 Å². The van der Waals surface area contributed by atoms with Crippen molar-refractivity contribution in [2.45, 2.75) is 13.1 Å². The second-order valence-corrected chi connectivity index (χ2v) is 5.76. The Balaban J connectivity index is 1.76. The molecule has 0 radical (unpaired) electrons. The van der Waals surface area contributed by atoms with Crippen LogP contribution in [0.1, 0.15) is 11.1 Å². The van der Waals surface area contributed by atoms with Gasteiger partial charge in [0.1, 0.15) is 0 Å². The third-order valence-corrected chi connectivity index (χ3v) is 3.76. The van der Waals surface area contributed by atoms with E-state index in [1.54, 1.807) is 12.1 Å². The zero-order valence-electron chi connectivity index (χ0n) is 14.1. The fourth-order valence-corrected chi connectivity index (χ4v) is 2.46. The van der Waals surface area contributed by atoms with E-state index in [1.165, 1.54) is 12.1 Å². The van der Waals surface area contributed by atoms with E-state index in [2.05, 4.69) is 10.3 Å². The normalized spacial score (nSPS) is 10.8. The first-order valence-electron chi connectivity index (χ1n) is 8.19. The molecule has 0 atom stereocenters. The molecule has 0 fully saturated rings. The van der Waals surface area contributed by atoms with Gasteiger partial charge < -0.3 is 0 Å². The third-order valence-electron chi connectivity index (χ3n) is 3.76. The Kier molecular flexibility index (Phi) is 5.67. The lowest BCUT2D eigenvalue weighted by atomic mass is 10.2. The first kappa shape index (κ1) is 17.3. The molecule has 6 heteroatoms. The highest BCUT2D eigenvalue weighted by atomic mass is 16.6. The van der Waals surface area contributed by atoms with Gasteiger partial charge in [0, 0.05) is 12.1 Å². The number of benzene rings is 3. The molecule has 0 spiro atoms. The summed E-state index contributed by atoms with van der Waals surface area (Å²) in [5, 5.41) is 21.2. The first-order chi connectivity index (χ1) is 12.7. The van der Waals surface area contributed by atoms with E-state index >= 15 is 0 Å². The number of nitro groups is 1. The van der Waals surface area contributed by atoms with E-state index in [1.807, 2.05) is 65.7 Å². The Hall–Kier alpha value is -3.54. The molecule has 6 nitrogen and oxygen atoms in total. The van der Waals surface area contributed by atoms with Crippen LogP contribution in [-0.4, -0.2) is 9.93 Å². The number of hydrogen-bond donors (Lipinski definition) is 0. The van der Waals surface area contributed by atoms with Gasteiger partial charge in [-0.15, -0.1) is 5.11 Å². The van der Waals surface area contributed by atoms with E-state index in [0.29, 0.717) is 18.8 Å². The van der Waals surface area contributed by atoms with Crippen molar-refractivity contribution in [2.75, 3.05) is 0 Å². The van der Waals surface area contributed by atoms with Crippen molar-refractivity contribution in [1.82, 2.24) is 5.01 Å². The van der Waals surface area contributed by atoms with Gasteiger partial charge in [-0.05, 0) is 23.3 Å². The van der Waals surface area contributed by atoms with Gasteiger partial charge in [-0.2, -0.15) is 0 Å². The summed E-state index contributed by atoms with van der Waals surface area (Å²) in [6, 6.07) is 26.1. The maximum absolute atomic E-state index is 10.7. The van der Waals surface area contributed by atoms with Crippen LogP contribution in [0.15, 0.2) is 95.3 Å². The molecule has 130 valence electrons. The molecule has 0 aromatic heterocycles. The second kappa shape index (κ2) is 8.53. The van der Waals surface area contributed by atoms with Gasteiger partial charge >= 0.3 is 0 Å². The molecule has 3 aromatic carbocycles. The third kappa shape index (κ3) is 4.98. The SMILES string of the molecule is O=[N+]([O-])c1ccc(N=NN(Cc2ccccc2)Cc2ccccc2)cc1. The van der Waals surface area contributed by atoms with Crippen LogP contribution in [0.5, 0.6) is 0 Å². The molecule has 26 heavy (non-hydrogen) atoms. The quantitative estimate of drug-likeness (QED) is 0.331. The van der Waals surface area contributed by atoms with Crippen molar-refractivity contribution in [3.8, 4) is 0 Å². The number of rotatable bonds is 7. The van der Waals surface area contributed by atoms with Crippen molar-refractivity contribution in [2.24, 2.45) is 10.3 Å². The van der Waals surface area contributed by atoms with E-state index in [-0.39, 0.29) is 5.69 Å². The molecule has 0 N–H and O–H groups in total. The largest absolute Gasteiger partial charge is 0.270 e. The van der Waals surface area contributed by atoms with Gasteiger partial charge in [0.15, 0.2) is 0 Å². The Morgan fingerprint density at radius 3 is 1.73 bits per heavy atom. The van der Waals surface area contributed by atoms with Crippen LogP contribution in [0.25, 0.3) is 0 Å². The van der Waals surface area contributed by atoms with Gasteiger partial charge in [0.25, 0.3) is 5.69 Å². The average molecular weight is 346 g/mol. The van der Waals surface area contributed by atoms with Crippen molar-refractivity contribution in [1.29, 1.82) is 0 Å². The lowest BCUT2D eigenvalue weighted by Gasteiger charge is -2.18. The fourth-order valence-electron chi connectivity index (χ4n) is 2.46. The van der Waals surface area contributed by atoms with Gasteiger partial charge in [0.05, 0.1) is 23.7 Å². The van der Waals surface area contributed by atoms with Crippen LogP contribution in [-0.2, 0) is 13.1 Å². The molecule has 3 aromatic rings. The van der Waals surface area contributed by atoms with Crippen molar-refractivity contribution >= 4 is 11.4 Å². The summed E-state index contributed by atoms with van der Waals surface area (Å²) in [6.45, 7) is 1.23. The van der Waals surface area contributed by atoms with E-state index in [9.17, 15) is 10.1 Å². The molecule has 0 heterocycles. The topological polar surface area (TPSA) is 71.1 Å². The summed E-state index contributed by atoms with van der Waals surface area (Å²) >= 11 is 0. The minimum atomic E-state index is -0.433. The smallest absolute Gasteiger partial charge is 0.269 e. The molecule has 0 aliphatic heterocycles. The van der Waals surface area contributed by atoms with E-state index in [0.717, 1.165) is 11.1 Å². The standard InChI is InChI=1S/C20H18N4O2/c25-24(26)20-13-11-19(12-14-20)21-22-23(15-17-7-3-1-4-8-17)16-18-9-5-2-6-10-18/h1-14H,15-16H2. The molecule has 3 rings (SSSR count). The Labute approximate surface area is 151 Å². The summed E-state index contributed by atoms with van der Waals surface area (Å²) in [5.41, 5.74) is 2.87. The summed E-state index contributed by atoms with van der Waals surface area (Å²) < 4.78 is 0. The zero-order valence-corrected chi connectivity index (χ0v) is 14.1. The Bertz CT molecular complexity index is 824. The van der Waals surface area contributed by atoms with Crippen molar-refractivity contribution in [3.05, 3.63) is 106 Å². The van der Waals surface area contributed by atoms with Crippen LogP contribution in [0.3, 0.4) is 0 Å². The van der Waals surface area contributed by atoms with Crippen molar-refractivity contribution < 1.29 is 4.92 Å². The Morgan fingerprint density at radius 2 is 1.27 bits per heavy atom. The number of hydrogen-bond acceptors (Lipinski definition) is 4. The van der Waals surface area contributed by atoms with Gasteiger partial charge in [0.2, 0.25) is 0 Å². The van der Waals surface area contributed by atoms with Crippen LogP contribution in [0, 0.1) is 10.1 Å². The number of nitro benzene ring substituents is 1. The molecule has 0 bridgehead atoms. The predicted octanol–water partition coefficient (Wildman–Crippen LogP) is 5.30. The van der Waals surface area contributed by atoms with Crippen LogP contribution >= 0.6 is 0 Å². The average Bonchev–Trinajstić information content (AvgIpc) is 2.68. The van der Waals surface area contributed by atoms with Crippen molar-refractivity contribution in [3.63, 3.8) is 0 Å². The maximum Gasteiger partial charge on any atom is 0.269 e. The lowest BCUT2D eigenvalue weighted by molar-refractivity contribution is -0.384. The summed E-state index contributed by atoms with van der Waals surface area (Å²) in [5.74, 6) is 0. The Morgan fingerprint density at radius 1 is 0.769 bits per heavy atom. The molecule has 0 saturated heterocycles. The fraction of sp³-hybridized carbons (Fsp3) is 0.100. The molecule has 0 aliphatic carbocycles. The second-order valence-electron chi connectivity index (χ2n) is 5.76. The monoisotopic (exact) mass is 346 g/mol. The molecule has 0 saturated carbocycles. The number of nitrogens with zero attached hydrogens (tertiary/aromatic N) is 4. The van der Waals surface area contributed by atoms with Gasteiger partial charge in [-0.3, -0.25) is 15.1 Å². The van der Waals surface area contributed by atoms with Crippen LogP contribution in [0.4, 0.5) is 11.4 Å². The highest BCUT2D eigenvalue weighted by molar-refractivity contribution is 5.43. The lowest BCUT2D eigenvalue weighted by Crippen LogP contribution is -2.15. The van der Waals surface area contributed by atoms with Crippen LogP contribution in [0.2, 0.25) is 0 Å². The first-order valence-corrected chi connectivity index (χ1v) is 8.19. The maximum atomic E-state index is 10.7. The molecule has 0 aliphatic rings. The zero-order chi connectivity index (χ0) is 18.2. The summed E-state index contributed by atoms with van der Waals surface area (Å²) in [6.07, 6.45) is 0. The molecular weight excluding hydrogens is 328 g/mol. The molecule has 0 unspecified atom stereocenters. The molecule has 0 amide bonds. The minimum absolute atomic E-state index is 0.0365. The van der Waals surface area contributed by atoms with Gasteiger partial charge in [-0.25, -0.2) is 0 Å². The highest BCUT2D eigenvalue weighted by Gasteiger charge is 2.06. The van der Waals surface area contributed by atoms with E-state index in [4.69, 9.17) is 0 Å². The molecular formula is C20H18N4O2. The van der Waals surface area contributed by atoms with E-state index < -0.39 is 4.92 Å². The summed E-state index contributed by atoms with van der Waals surface area (Å²) in [7, 11) is 0. The minimum Gasteiger partial charge on any atom is -0.270 e. The predicted molar refractivity (Wildman–Crippen MR) is 99.7 cm³/mol.